The third-order valence-electron chi connectivity index (χ3n) is 5.05. The van der Waals surface area contributed by atoms with Crippen LogP contribution >= 0.6 is 0 Å². The van der Waals surface area contributed by atoms with Crippen LogP contribution < -0.4 is 10.6 Å². The molecule has 27 heavy (non-hydrogen) atoms. The molecule has 4 rings (SSSR count). The lowest BCUT2D eigenvalue weighted by molar-refractivity contribution is 0.0840. The van der Waals surface area contributed by atoms with E-state index in [0.717, 1.165) is 31.2 Å². The van der Waals surface area contributed by atoms with E-state index in [1.807, 2.05) is 18.2 Å². The fraction of sp³-hybridized carbons (Fsp3) is 0.368. The van der Waals surface area contributed by atoms with Crippen molar-refractivity contribution < 1.29 is 9.90 Å². The first kappa shape index (κ1) is 17.4. The summed E-state index contributed by atoms with van der Waals surface area (Å²) >= 11 is 0. The summed E-state index contributed by atoms with van der Waals surface area (Å²) in [4.78, 5) is 21.4. The van der Waals surface area contributed by atoms with Gasteiger partial charge in [-0.1, -0.05) is 18.9 Å². The van der Waals surface area contributed by atoms with Crippen molar-refractivity contribution in [1.82, 2.24) is 24.9 Å². The number of aliphatic hydroxyl groups is 1. The molecule has 3 aromatic rings. The van der Waals surface area contributed by atoms with Crippen LogP contribution in [0.2, 0.25) is 0 Å². The molecule has 1 amide bonds. The van der Waals surface area contributed by atoms with Gasteiger partial charge in [0.25, 0.3) is 5.91 Å². The van der Waals surface area contributed by atoms with Gasteiger partial charge in [0, 0.05) is 25.1 Å². The number of amides is 1. The molecule has 0 unspecified atom stereocenters. The number of pyridine rings is 1. The summed E-state index contributed by atoms with van der Waals surface area (Å²) < 4.78 is 1.57. The van der Waals surface area contributed by atoms with Gasteiger partial charge in [-0.25, -0.2) is 9.50 Å². The highest BCUT2D eigenvalue weighted by atomic mass is 16.3. The van der Waals surface area contributed by atoms with Crippen LogP contribution in [0.15, 0.2) is 43.0 Å². The fourth-order valence-corrected chi connectivity index (χ4v) is 3.51. The van der Waals surface area contributed by atoms with E-state index in [-0.39, 0.29) is 12.5 Å². The van der Waals surface area contributed by atoms with Gasteiger partial charge in [-0.05, 0) is 30.5 Å². The molecule has 0 radical (unpaired) electrons. The Morgan fingerprint density at radius 2 is 2.11 bits per heavy atom. The number of hydrogen-bond acceptors (Lipinski definition) is 6. The summed E-state index contributed by atoms with van der Waals surface area (Å²) in [5.41, 5.74) is 1.40. The molecule has 0 aliphatic heterocycles. The van der Waals surface area contributed by atoms with Crippen LogP contribution in [0.1, 0.15) is 41.6 Å². The van der Waals surface area contributed by atoms with E-state index in [9.17, 15) is 9.90 Å². The van der Waals surface area contributed by atoms with E-state index in [0.29, 0.717) is 23.6 Å². The second kappa shape index (κ2) is 7.32. The Labute approximate surface area is 156 Å². The molecule has 140 valence electrons. The number of anilines is 1. The van der Waals surface area contributed by atoms with Crippen LogP contribution in [-0.2, 0) is 6.54 Å². The van der Waals surface area contributed by atoms with Gasteiger partial charge in [0.1, 0.15) is 11.4 Å². The van der Waals surface area contributed by atoms with Gasteiger partial charge in [0.2, 0.25) is 0 Å². The molecule has 8 heteroatoms. The second-order valence-corrected chi connectivity index (χ2v) is 6.95. The molecule has 1 aliphatic rings. The van der Waals surface area contributed by atoms with Crippen LogP contribution in [0.3, 0.4) is 0 Å². The maximum atomic E-state index is 12.8. The minimum Gasteiger partial charge on any atom is -0.394 e. The maximum Gasteiger partial charge on any atom is 0.257 e. The van der Waals surface area contributed by atoms with Crippen LogP contribution in [0.25, 0.3) is 5.65 Å². The lowest BCUT2D eigenvalue weighted by atomic mass is 9.98. The molecule has 3 N–H and O–H groups in total. The van der Waals surface area contributed by atoms with E-state index >= 15 is 0 Å². The Kier molecular flexibility index (Phi) is 4.72. The van der Waals surface area contributed by atoms with Crippen LogP contribution in [0.4, 0.5) is 5.82 Å². The zero-order valence-electron chi connectivity index (χ0n) is 14.9. The molecule has 1 saturated carbocycles. The average molecular weight is 366 g/mol. The van der Waals surface area contributed by atoms with Crippen LogP contribution in [0, 0.1) is 0 Å². The SMILES string of the molecule is O=C(NC1(CO)CCCC1)c1cnn2ccc(NCc3cccnc3)nc12. The van der Waals surface area contributed by atoms with Crippen molar-refractivity contribution in [3.8, 4) is 0 Å². The topological polar surface area (TPSA) is 104 Å². The molecule has 3 aromatic heterocycles. The number of rotatable bonds is 6. The number of nitrogens with one attached hydrogen (secondary N) is 2. The number of hydrogen-bond donors (Lipinski definition) is 3. The zero-order valence-corrected chi connectivity index (χ0v) is 14.9. The Balaban J connectivity index is 1.54. The lowest BCUT2D eigenvalue weighted by Crippen LogP contribution is -2.49. The van der Waals surface area contributed by atoms with E-state index in [1.54, 1.807) is 23.1 Å². The largest absolute Gasteiger partial charge is 0.394 e. The Bertz CT molecular complexity index is 934. The number of fused-ring (bicyclic) bond motifs is 1. The number of carbonyl (C=O) groups is 1. The Morgan fingerprint density at radius 1 is 1.26 bits per heavy atom. The number of carbonyl (C=O) groups excluding carboxylic acids is 1. The van der Waals surface area contributed by atoms with Crippen molar-refractivity contribution >= 4 is 17.4 Å². The second-order valence-electron chi connectivity index (χ2n) is 6.95. The molecule has 1 fully saturated rings. The first-order chi connectivity index (χ1) is 13.2. The van der Waals surface area contributed by atoms with Gasteiger partial charge in [0.15, 0.2) is 5.65 Å². The van der Waals surface area contributed by atoms with Gasteiger partial charge in [-0.15, -0.1) is 0 Å². The first-order valence-electron chi connectivity index (χ1n) is 9.10. The quantitative estimate of drug-likeness (QED) is 0.614. The molecule has 0 bridgehead atoms. The van der Waals surface area contributed by atoms with E-state index in [2.05, 4.69) is 25.7 Å². The predicted octanol–water partition coefficient (Wildman–Crippen LogP) is 1.77. The third kappa shape index (κ3) is 3.61. The summed E-state index contributed by atoms with van der Waals surface area (Å²) in [6, 6.07) is 5.67. The first-order valence-corrected chi connectivity index (χ1v) is 9.10. The van der Waals surface area contributed by atoms with Crippen molar-refractivity contribution in [3.05, 3.63) is 54.1 Å². The molecule has 1 aliphatic carbocycles. The summed E-state index contributed by atoms with van der Waals surface area (Å²) in [7, 11) is 0. The third-order valence-corrected chi connectivity index (χ3v) is 5.05. The van der Waals surface area contributed by atoms with Crippen molar-refractivity contribution in [2.45, 2.75) is 37.8 Å². The van der Waals surface area contributed by atoms with Gasteiger partial charge >= 0.3 is 0 Å². The highest BCUT2D eigenvalue weighted by Gasteiger charge is 2.35. The molecule has 0 aromatic carbocycles. The van der Waals surface area contributed by atoms with E-state index < -0.39 is 5.54 Å². The molecule has 8 nitrogen and oxygen atoms in total. The number of aliphatic hydroxyl groups excluding tert-OH is 1. The van der Waals surface area contributed by atoms with Crippen molar-refractivity contribution in [1.29, 1.82) is 0 Å². The molecule has 0 saturated heterocycles. The van der Waals surface area contributed by atoms with Gasteiger partial charge in [-0.3, -0.25) is 9.78 Å². The smallest absolute Gasteiger partial charge is 0.257 e. The summed E-state index contributed by atoms with van der Waals surface area (Å²) in [6.45, 7) is 0.531. The average Bonchev–Trinajstić information content (AvgIpc) is 3.34. The predicted molar refractivity (Wildman–Crippen MR) is 100 cm³/mol. The normalized spacial score (nSPS) is 15.7. The maximum absolute atomic E-state index is 12.8. The highest BCUT2D eigenvalue weighted by Crippen LogP contribution is 2.29. The van der Waals surface area contributed by atoms with Gasteiger partial charge < -0.3 is 15.7 Å². The van der Waals surface area contributed by atoms with Crippen molar-refractivity contribution in [2.75, 3.05) is 11.9 Å². The fourth-order valence-electron chi connectivity index (χ4n) is 3.51. The zero-order chi connectivity index (χ0) is 18.7. The number of nitrogens with zero attached hydrogens (tertiary/aromatic N) is 4. The Morgan fingerprint density at radius 3 is 2.85 bits per heavy atom. The highest BCUT2D eigenvalue weighted by molar-refractivity contribution is 6.00. The van der Waals surface area contributed by atoms with Crippen LogP contribution in [-0.4, -0.2) is 42.7 Å². The number of aromatic nitrogens is 4. The van der Waals surface area contributed by atoms with Gasteiger partial charge in [-0.2, -0.15) is 5.10 Å². The summed E-state index contributed by atoms with van der Waals surface area (Å²) in [5.74, 6) is 0.400. The van der Waals surface area contributed by atoms with Crippen LogP contribution in [0.5, 0.6) is 0 Å². The molecule has 0 spiro atoms. The summed E-state index contributed by atoms with van der Waals surface area (Å²) in [6.07, 6.45) is 10.4. The van der Waals surface area contributed by atoms with Crippen molar-refractivity contribution in [2.24, 2.45) is 0 Å². The minimum atomic E-state index is -0.526. The molecule has 3 heterocycles. The minimum absolute atomic E-state index is 0.0523. The standard InChI is InChI=1S/C19H22N6O2/c26-13-19(6-1-2-7-19)24-18(27)15-12-22-25-9-5-16(23-17(15)25)21-11-14-4-3-8-20-10-14/h3-5,8-10,12,26H,1-2,6-7,11,13H2,(H,21,23)(H,24,27). The Hall–Kier alpha value is -3.00. The van der Waals surface area contributed by atoms with Crippen molar-refractivity contribution in [3.63, 3.8) is 0 Å². The van der Waals surface area contributed by atoms with E-state index in [1.165, 1.54) is 6.20 Å². The van der Waals surface area contributed by atoms with Gasteiger partial charge in [0.05, 0.1) is 18.3 Å². The molecular formula is C19H22N6O2. The molecular weight excluding hydrogens is 344 g/mol. The summed E-state index contributed by atoms with van der Waals surface area (Å²) in [5, 5.41) is 20.2. The lowest BCUT2D eigenvalue weighted by Gasteiger charge is -2.27. The van der Waals surface area contributed by atoms with E-state index in [4.69, 9.17) is 0 Å². The monoisotopic (exact) mass is 366 g/mol. The molecule has 0 atom stereocenters.